The number of guanidine groups is 1. The first-order chi connectivity index (χ1) is 13.2. The SMILES string of the molecule is CCOC(=O)N1CCN(C(=NC)NCc2cccc(-n3cccn3)c2)CC1. The van der Waals surface area contributed by atoms with E-state index in [2.05, 4.69) is 32.4 Å². The lowest BCUT2D eigenvalue weighted by molar-refractivity contribution is 0.0914. The Morgan fingerprint density at radius 2 is 2.00 bits per heavy atom. The van der Waals surface area contributed by atoms with Crippen molar-refractivity contribution in [2.24, 2.45) is 4.99 Å². The van der Waals surface area contributed by atoms with Crippen molar-refractivity contribution in [2.45, 2.75) is 13.5 Å². The number of aliphatic imine (C=N–C) groups is 1. The van der Waals surface area contributed by atoms with Crippen molar-refractivity contribution in [1.82, 2.24) is 24.9 Å². The average molecular weight is 370 g/mol. The summed E-state index contributed by atoms with van der Waals surface area (Å²) < 4.78 is 6.91. The third-order valence-corrected chi connectivity index (χ3v) is 4.45. The standard InChI is InChI=1S/C19H26N6O2/c1-3-27-19(26)24-12-10-23(11-13-24)18(20-2)21-15-16-6-4-7-17(14-16)25-9-5-8-22-25/h4-9,14H,3,10-13,15H2,1-2H3,(H,20,21). The van der Waals surface area contributed by atoms with Crippen LogP contribution in [0.5, 0.6) is 0 Å². The zero-order valence-corrected chi connectivity index (χ0v) is 15.8. The van der Waals surface area contributed by atoms with Crippen molar-refractivity contribution in [3.05, 3.63) is 48.3 Å². The quantitative estimate of drug-likeness (QED) is 0.655. The number of rotatable bonds is 4. The lowest BCUT2D eigenvalue weighted by atomic mass is 10.2. The Kier molecular flexibility index (Phi) is 6.30. The summed E-state index contributed by atoms with van der Waals surface area (Å²) in [5.41, 5.74) is 2.17. The number of aromatic nitrogens is 2. The number of nitrogens with one attached hydrogen (secondary N) is 1. The highest BCUT2D eigenvalue weighted by molar-refractivity contribution is 5.80. The third-order valence-electron chi connectivity index (χ3n) is 4.45. The van der Waals surface area contributed by atoms with Gasteiger partial charge in [-0.2, -0.15) is 5.10 Å². The van der Waals surface area contributed by atoms with Crippen LogP contribution in [0.25, 0.3) is 5.69 Å². The second-order valence-electron chi connectivity index (χ2n) is 6.19. The van der Waals surface area contributed by atoms with Crippen LogP contribution in [0.3, 0.4) is 0 Å². The number of carbonyl (C=O) groups excluding carboxylic acids is 1. The molecular weight excluding hydrogens is 344 g/mol. The minimum Gasteiger partial charge on any atom is -0.450 e. The molecule has 1 aliphatic rings. The van der Waals surface area contributed by atoms with Crippen LogP contribution < -0.4 is 5.32 Å². The molecule has 8 nitrogen and oxygen atoms in total. The molecule has 1 amide bonds. The van der Waals surface area contributed by atoms with E-state index in [1.54, 1.807) is 18.1 Å². The van der Waals surface area contributed by atoms with E-state index in [0.29, 0.717) is 26.2 Å². The monoisotopic (exact) mass is 370 g/mol. The number of amides is 1. The highest BCUT2D eigenvalue weighted by atomic mass is 16.6. The lowest BCUT2D eigenvalue weighted by Crippen LogP contribution is -2.53. The van der Waals surface area contributed by atoms with Gasteiger partial charge in [0, 0.05) is 52.2 Å². The number of hydrogen-bond acceptors (Lipinski definition) is 4. The van der Waals surface area contributed by atoms with Gasteiger partial charge in [0.2, 0.25) is 0 Å². The Labute approximate surface area is 159 Å². The fourth-order valence-electron chi connectivity index (χ4n) is 3.06. The summed E-state index contributed by atoms with van der Waals surface area (Å²) in [4.78, 5) is 20.1. The fourth-order valence-corrected chi connectivity index (χ4v) is 3.06. The van der Waals surface area contributed by atoms with Gasteiger partial charge in [0.1, 0.15) is 0 Å². The van der Waals surface area contributed by atoms with Gasteiger partial charge in [-0.15, -0.1) is 0 Å². The molecule has 0 spiro atoms. The maximum atomic E-state index is 11.8. The summed E-state index contributed by atoms with van der Waals surface area (Å²) in [6.07, 6.45) is 3.45. The normalized spacial score (nSPS) is 15.0. The zero-order valence-electron chi connectivity index (χ0n) is 15.8. The molecule has 0 radical (unpaired) electrons. The van der Waals surface area contributed by atoms with Gasteiger partial charge in [0.15, 0.2) is 5.96 Å². The number of nitrogens with zero attached hydrogens (tertiary/aromatic N) is 5. The molecule has 1 N–H and O–H groups in total. The van der Waals surface area contributed by atoms with Crippen molar-refractivity contribution in [1.29, 1.82) is 0 Å². The molecule has 1 saturated heterocycles. The van der Waals surface area contributed by atoms with Crippen molar-refractivity contribution < 1.29 is 9.53 Å². The second kappa shape index (κ2) is 9.07. The number of hydrogen-bond donors (Lipinski definition) is 1. The predicted molar refractivity (Wildman–Crippen MR) is 104 cm³/mol. The molecule has 3 rings (SSSR count). The van der Waals surface area contributed by atoms with E-state index < -0.39 is 0 Å². The highest BCUT2D eigenvalue weighted by Gasteiger charge is 2.23. The van der Waals surface area contributed by atoms with Crippen molar-refractivity contribution in [2.75, 3.05) is 39.8 Å². The molecule has 0 unspecified atom stereocenters. The Balaban J connectivity index is 1.54. The summed E-state index contributed by atoms with van der Waals surface area (Å²) in [6.45, 7) is 5.61. The van der Waals surface area contributed by atoms with E-state index in [4.69, 9.17) is 4.74 Å². The molecule has 2 aromatic rings. The van der Waals surface area contributed by atoms with Gasteiger partial charge in [-0.3, -0.25) is 4.99 Å². The first-order valence-corrected chi connectivity index (χ1v) is 9.17. The topological polar surface area (TPSA) is 75.0 Å². The summed E-state index contributed by atoms with van der Waals surface area (Å²) in [6, 6.07) is 10.1. The molecule has 8 heteroatoms. The first kappa shape index (κ1) is 18.8. The summed E-state index contributed by atoms with van der Waals surface area (Å²) >= 11 is 0. The van der Waals surface area contributed by atoms with E-state index >= 15 is 0 Å². The molecule has 1 aromatic heterocycles. The van der Waals surface area contributed by atoms with Gasteiger partial charge < -0.3 is 19.9 Å². The van der Waals surface area contributed by atoms with Crippen molar-refractivity contribution >= 4 is 12.1 Å². The lowest BCUT2D eigenvalue weighted by Gasteiger charge is -2.35. The van der Waals surface area contributed by atoms with Crippen molar-refractivity contribution in [3.8, 4) is 5.69 Å². The van der Waals surface area contributed by atoms with Gasteiger partial charge in [-0.05, 0) is 30.7 Å². The van der Waals surface area contributed by atoms with E-state index in [-0.39, 0.29) is 6.09 Å². The predicted octanol–water partition coefficient (Wildman–Crippen LogP) is 1.72. The Morgan fingerprint density at radius 3 is 2.67 bits per heavy atom. The van der Waals surface area contributed by atoms with Crippen LogP contribution in [0, 0.1) is 0 Å². The molecule has 27 heavy (non-hydrogen) atoms. The maximum absolute atomic E-state index is 11.8. The Morgan fingerprint density at radius 1 is 1.22 bits per heavy atom. The van der Waals surface area contributed by atoms with Crippen LogP contribution >= 0.6 is 0 Å². The van der Waals surface area contributed by atoms with Gasteiger partial charge in [0.25, 0.3) is 0 Å². The zero-order chi connectivity index (χ0) is 19.1. The van der Waals surface area contributed by atoms with Crippen LogP contribution in [-0.4, -0.2) is 71.5 Å². The Hall–Kier alpha value is -3.03. The summed E-state index contributed by atoms with van der Waals surface area (Å²) in [7, 11) is 1.78. The van der Waals surface area contributed by atoms with Crippen LogP contribution in [-0.2, 0) is 11.3 Å². The highest BCUT2D eigenvalue weighted by Crippen LogP contribution is 2.10. The van der Waals surface area contributed by atoms with Gasteiger partial charge in [-0.1, -0.05) is 12.1 Å². The number of ether oxygens (including phenoxy) is 1. The fraction of sp³-hybridized carbons (Fsp3) is 0.421. The van der Waals surface area contributed by atoms with Crippen molar-refractivity contribution in [3.63, 3.8) is 0 Å². The molecule has 1 fully saturated rings. The van der Waals surface area contributed by atoms with E-state index in [1.165, 1.54) is 0 Å². The van der Waals surface area contributed by atoms with E-state index in [9.17, 15) is 4.79 Å². The number of carbonyl (C=O) groups is 1. The van der Waals surface area contributed by atoms with E-state index in [0.717, 1.165) is 30.3 Å². The molecule has 0 saturated carbocycles. The smallest absolute Gasteiger partial charge is 0.409 e. The van der Waals surface area contributed by atoms with Gasteiger partial charge in [0.05, 0.1) is 12.3 Å². The maximum Gasteiger partial charge on any atom is 0.409 e. The summed E-state index contributed by atoms with van der Waals surface area (Å²) in [5.74, 6) is 0.836. The first-order valence-electron chi connectivity index (χ1n) is 9.17. The number of piperazine rings is 1. The van der Waals surface area contributed by atoms with Gasteiger partial charge in [-0.25, -0.2) is 9.48 Å². The van der Waals surface area contributed by atoms with E-state index in [1.807, 2.05) is 36.0 Å². The largest absolute Gasteiger partial charge is 0.450 e. The van der Waals surface area contributed by atoms with Crippen LogP contribution in [0.1, 0.15) is 12.5 Å². The molecule has 1 aliphatic heterocycles. The van der Waals surface area contributed by atoms with Crippen LogP contribution in [0.2, 0.25) is 0 Å². The molecule has 0 bridgehead atoms. The second-order valence-corrected chi connectivity index (χ2v) is 6.19. The van der Waals surface area contributed by atoms with Crippen LogP contribution in [0.15, 0.2) is 47.7 Å². The Bertz CT molecular complexity index is 766. The molecular formula is C19H26N6O2. The molecule has 0 atom stereocenters. The van der Waals surface area contributed by atoms with Crippen LogP contribution in [0.4, 0.5) is 4.79 Å². The molecule has 144 valence electrons. The van der Waals surface area contributed by atoms with Gasteiger partial charge >= 0.3 is 6.09 Å². The summed E-state index contributed by atoms with van der Waals surface area (Å²) in [5, 5.41) is 7.68. The minimum atomic E-state index is -0.240. The third kappa shape index (κ3) is 4.78. The molecule has 1 aromatic carbocycles. The molecule has 2 heterocycles. The average Bonchev–Trinajstić information content (AvgIpc) is 3.24. The molecule has 0 aliphatic carbocycles. The number of benzene rings is 1. The minimum absolute atomic E-state index is 0.240.